The van der Waals surface area contributed by atoms with E-state index >= 15 is 13.2 Å². The van der Waals surface area contributed by atoms with E-state index in [9.17, 15) is 0 Å². The molecule has 0 unspecified atom stereocenters. The lowest BCUT2D eigenvalue weighted by Crippen LogP contribution is -2.45. The largest absolute Gasteiger partial charge is 0.406 e. The van der Waals surface area contributed by atoms with Crippen LogP contribution in [0.4, 0.5) is 24.5 Å². The van der Waals surface area contributed by atoms with Crippen LogP contribution in [0.2, 0.25) is 0 Å². The number of aryl methyl sites for hydroxylation is 1. The predicted molar refractivity (Wildman–Crippen MR) is 120 cm³/mol. The van der Waals surface area contributed by atoms with Gasteiger partial charge in [0.15, 0.2) is 0 Å². The molecule has 0 aliphatic carbocycles. The number of nitrogens with two attached hydrogens (primary N) is 2. The van der Waals surface area contributed by atoms with Crippen LogP contribution in [0.5, 0.6) is 0 Å². The minimum atomic E-state index is -4.61. The highest BCUT2D eigenvalue weighted by atomic mass is 19.4. The highest BCUT2D eigenvalue weighted by molar-refractivity contribution is 5.58. The molecule has 5 heteroatoms. The first-order valence-electron chi connectivity index (χ1n) is 10.1. The average molecular weight is 422 g/mol. The third-order valence-corrected chi connectivity index (χ3v) is 5.46. The van der Waals surface area contributed by atoms with Crippen LogP contribution in [0.3, 0.4) is 0 Å². The molecule has 2 nitrogen and oxygen atoms in total. The van der Waals surface area contributed by atoms with Crippen molar-refractivity contribution in [2.45, 2.75) is 37.8 Å². The first kappa shape index (κ1) is 22.3. The van der Waals surface area contributed by atoms with Crippen molar-refractivity contribution >= 4 is 11.4 Å². The van der Waals surface area contributed by atoms with Crippen molar-refractivity contribution in [1.29, 1.82) is 0 Å². The van der Waals surface area contributed by atoms with E-state index in [1.165, 1.54) is 48.5 Å². The lowest BCUT2D eigenvalue weighted by molar-refractivity contribution is -0.166. The van der Waals surface area contributed by atoms with Gasteiger partial charge >= 0.3 is 6.18 Å². The van der Waals surface area contributed by atoms with E-state index in [-0.39, 0.29) is 16.7 Å². The zero-order valence-corrected chi connectivity index (χ0v) is 17.3. The van der Waals surface area contributed by atoms with E-state index in [1.54, 1.807) is 31.2 Å². The molecule has 0 amide bonds. The molecular weight excluding hydrogens is 397 g/mol. The summed E-state index contributed by atoms with van der Waals surface area (Å²) in [6, 6.07) is 18.6. The highest BCUT2D eigenvalue weighted by Crippen LogP contribution is 2.52. The maximum Gasteiger partial charge on any atom is 0.406 e. The van der Waals surface area contributed by atoms with Crippen LogP contribution in [0.15, 0.2) is 72.8 Å². The number of hydrogen-bond acceptors (Lipinski definition) is 2. The topological polar surface area (TPSA) is 52.0 Å². The van der Waals surface area contributed by atoms with Gasteiger partial charge in [-0.1, -0.05) is 48.5 Å². The van der Waals surface area contributed by atoms with Gasteiger partial charge in [0.05, 0.1) is 0 Å². The Morgan fingerprint density at radius 2 is 1.29 bits per heavy atom. The number of rotatable bonds is 6. The summed E-state index contributed by atoms with van der Waals surface area (Å²) in [5.74, 6) is 5.81. The van der Waals surface area contributed by atoms with Gasteiger partial charge in [-0.15, -0.1) is 11.8 Å². The summed E-state index contributed by atoms with van der Waals surface area (Å²) in [5, 5.41) is 0. The van der Waals surface area contributed by atoms with Crippen molar-refractivity contribution in [3.05, 3.63) is 95.1 Å². The molecule has 0 saturated heterocycles. The third kappa shape index (κ3) is 4.39. The summed E-state index contributed by atoms with van der Waals surface area (Å²) in [5.41, 5.74) is 11.1. The van der Waals surface area contributed by atoms with E-state index < -0.39 is 11.6 Å². The van der Waals surface area contributed by atoms with Crippen LogP contribution in [-0.2, 0) is 11.8 Å². The van der Waals surface area contributed by atoms with Gasteiger partial charge in [0, 0.05) is 17.8 Å². The van der Waals surface area contributed by atoms with Crippen LogP contribution >= 0.6 is 0 Å². The van der Waals surface area contributed by atoms with Crippen LogP contribution in [0.25, 0.3) is 0 Å². The second-order valence-corrected chi connectivity index (χ2v) is 7.43. The molecule has 0 aliphatic heterocycles. The highest BCUT2D eigenvalue weighted by Gasteiger charge is 2.58. The first-order valence-corrected chi connectivity index (χ1v) is 10.1. The minimum absolute atomic E-state index is 0.111. The number of anilines is 2. The fraction of sp³-hybridized carbons (Fsp3) is 0.231. The smallest absolute Gasteiger partial charge is 0.399 e. The van der Waals surface area contributed by atoms with E-state index in [0.29, 0.717) is 36.2 Å². The standard InChI is InChI=1S/C26H25F3N2/c1-2-3-4-5-8-19-9-6-7-10-24(19)25(26(27,28)29,20-11-15-22(30)16-12-20)21-13-17-23(31)18-14-21/h6-7,9-18H,4-5,8,30-31H2,1H3. The van der Waals surface area contributed by atoms with Crippen LogP contribution in [0.1, 0.15) is 42.0 Å². The summed E-state index contributed by atoms with van der Waals surface area (Å²) >= 11 is 0. The van der Waals surface area contributed by atoms with Gasteiger partial charge < -0.3 is 11.5 Å². The summed E-state index contributed by atoms with van der Waals surface area (Å²) < 4.78 is 45.5. The molecular formula is C26H25F3N2. The SMILES string of the molecule is CC#CCCCc1ccccc1C(c1ccc(N)cc1)(c1ccc(N)cc1)C(F)(F)F. The van der Waals surface area contributed by atoms with Crippen molar-refractivity contribution in [3.63, 3.8) is 0 Å². The first-order chi connectivity index (χ1) is 14.8. The molecule has 0 fully saturated rings. The zero-order valence-electron chi connectivity index (χ0n) is 17.3. The Bertz CT molecular complexity index is 1030. The van der Waals surface area contributed by atoms with Crippen molar-refractivity contribution in [2.24, 2.45) is 0 Å². The molecule has 31 heavy (non-hydrogen) atoms. The van der Waals surface area contributed by atoms with Crippen LogP contribution < -0.4 is 11.5 Å². The number of unbranched alkanes of at least 4 members (excludes halogenated alkanes) is 1. The quantitative estimate of drug-likeness (QED) is 0.218. The number of alkyl halides is 3. The molecule has 0 bridgehead atoms. The lowest BCUT2D eigenvalue weighted by atomic mass is 9.67. The van der Waals surface area contributed by atoms with E-state index in [0.717, 1.165) is 0 Å². The minimum Gasteiger partial charge on any atom is -0.399 e. The van der Waals surface area contributed by atoms with Crippen molar-refractivity contribution in [1.82, 2.24) is 0 Å². The van der Waals surface area contributed by atoms with Crippen molar-refractivity contribution in [2.75, 3.05) is 11.5 Å². The normalized spacial score (nSPS) is 11.6. The molecule has 3 aromatic carbocycles. The number of halogens is 3. The van der Waals surface area contributed by atoms with Gasteiger partial charge in [-0.05, 0) is 66.3 Å². The van der Waals surface area contributed by atoms with E-state index in [1.807, 2.05) is 0 Å². The zero-order chi connectivity index (χ0) is 22.5. The maximum atomic E-state index is 15.2. The average Bonchev–Trinajstić information content (AvgIpc) is 2.74. The fourth-order valence-electron chi connectivity index (χ4n) is 4.02. The Balaban J connectivity index is 2.32. The molecule has 3 aromatic rings. The third-order valence-electron chi connectivity index (χ3n) is 5.46. The fourth-order valence-corrected chi connectivity index (χ4v) is 4.02. The lowest BCUT2D eigenvalue weighted by Gasteiger charge is -2.39. The molecule has 4 N–H and O–H groups in total. The van der Waals surface area contributed by atoms with E-state index in [2.05, 4.69) is 11.8 Å². The Labute approximate surface area is 181 Å². The molecule has 0 spiro atoms. The Hall–Kier alpha value is -3.39. The van der Waals surface area contributed by atoms with E-state index in [4.69, 9.17) is 11.5 Å². The Morgan fingerprint density at radius 1 is 0.774 bits per heavy atom. The monoisotopic (exact) mass is 422 g/mol. The molecule has 0 atom stereocenters. The molecule has 3 rings (SSSR count). The molecule has 0 aliphatic rings. The van der Waals surface area contributed by atoms with Crippen molar-refractivity contribution < 1.29 is 13.2 Å². The van der Waals surface area contributed by atoms with Gasteiger partial charge in [0.1, 0.15) is 5.41 Å². The van der Waals surface area contributed by atoms with Gasteiger partial charge in [-0.25, -0.2) is 0 Å². The molecule has 0 saturated carbocycles. The number of nitrogen functional groups attached to an aromatic ring is 2. The van der Waals surface area contributed by atoms with Gasteiger partial charge in [-0.2, -0.15) is 13.2 Å². The molecule has 160 valence electrons. The molecule has 0 radical (unpaired) electrons. The van der Waals surface area contributed by atoms with Crippen molar-refractivity contribution in [3.8, 4) is 11.8 Å². The molecule has 0 heterocycles. The second-order valence-electron chi connectivity index (χ2n) is 7.43. The summed E-state index contributed by atoms with van der Waals surface area (Å²) in [6.07, 6.45) is -2.81. The van der Waals surface area contributed by atoms with Gasteiger partial charge in [0.25, 0.3) is 0 Å². The Kier molecular flexibility index (Phi) is 6.60. The number of benzene rings is 3. The maximum absolute atomic E-state index is 15.2. The van der Waals surface area contributed by atoms with Crippen LogP contribution in [-0.4, -0.2) is 6.18 Å². The molecule has 0 aromatic heterocycles. The van der Waals surface area contributed by atoms with Gasteiger partial charge in [-0.3, -0.25) is 0 Å². The van der Waals surface area contributed by atoms with Gasteiger partial charge in [0.2, 0.25) is 0 Å². The second kappa shape index (κ2) is 9.18. The predicted octanol–water partition coefficient (Wildman–Crippen LogP) is 6.09. The summed E-state index contributed by atoms with van der Waals surface area (Å²) in [7, 11) is 0. The van der Waals surface area contributed by atoms with Crippen LogP contribution in [0, 0.1) is 11.8 Å². The Morgan fingerprint density at radius 3 is 1.77 bits per heavy atom. The summed E-state index contributed by atoms with van der Waals surface area (Å²) in [4.78, 5) is 0. The summed E-state index contributed by atoms with van der Waals surface area (Å²) in [6.45, 7) is 1.75. The number of hydrogen-bond donors (Lipinski definition) is 2.